The number of rotatable bonds is 3. The molecule has 1 aromatic rings. The van der Waals surface area contributed by atoms with Crippen molar-refractivity contribution < 1.29 is 14.3 Å². The molecule has 0 bridgehead atoms. The van der Waals surface area contributed by atoms with E-state index in [-0.39, 0.29) is 18.3 Å². The van der Waals surface area contributed by atoms with Gasteiger partial charge in [-0.3, -0.25) is 9.69 Å². The minimum atomic E-state index is -0.663. The van der Waals surface area contributed by atoms with Crippen molar-refractivity contribution in [2.45, 2.75) is 19.9 Å². The largest absolute Gasteiger partial charge is 0.463 e. The van der Waals surface area contributed by atoms with Gasteiger partial charge in [0.2, 0.25) is 5.91 Å². The molecule has 1 atom stereocenters. The summed E-state index contributed by atoms with van der Waals surface area (Å²) in [5.41, 5.74) is 1.46. The van der Waals surface area contributed by atoms with Gasteiger partial charge in [0.25, 0.3) is 0 Å². The molecule has 24 heavy (non-hydrogen) atoms. The Morgan fingerprint density at radius 3 is 2.88 bits per heavy atom. The van der Waals surface area contributed by atoms with Gasteiger partial charge in [-0.15, -0.1) is 0 Å². The number of halogens is 2. The van der Waals surface area contributed by atoms with E-state index in [0.29, 0.717) is 32.0 Å². The summed E-state index contributed by atoms with van der Waals surface area (Å²) in [5.74, 6) is -0.341. The van der Waals surface area contributed by atoms with E-state index in [2.05, 4.69) is 4.99 Å². The second kappa shape index (κ2) is 6.78. The first-order valence-corrected chi connectivity index (χ1v) is 9.04. The first-order chi connectivity index (χ1) is 11.4. The molecule has 0 aromatic heterocycles. The predicted octanol–water partition coefficient (Wildman–Crippen LogP) is 3.82. The van der Waals surface area contributed by atoms with Gasteiger partial charge < -0.3 is 4.74 Å². The molecule has 1 saturated heterocycles. The molecule has 2 aliphatic rings. The van der Waals surface area contributed by atoms with Crippen LogP contribution in [0.5, 0.6) is 0 Å². The summed E-state index contributed by atoms with van der Waals surface area (Å²) in [5, 5.41) is 1.43. The van der Waals surface area contributed by atoms with Crippen molar-refractivity contribution in [3.05, 3.63) is 45.1 Å². The van der Waals surface area contributed by atoms with Gasteiger partial charge in [0.15, 0.2) is 5.17 Å². The third kappa shape index (κ3) is 2.94. The minimum Gasteiger partial charge on any atom is -0.463 e. The first-order valence-electron chi connectivity index (χ1n) is 7.30. The Hall–Kier alpha value is -1.50. The number of fused-ring (bicyclic) bond motifs is 1. The van der Waals surface area contributed by atoms with Crippen molar-refractivity contribution in [1.29, 1.82) is 0 Å². The third-order valence-corrected chi connectivity index (χ3v) is 5.24. The Bertz CT molecular complexity index is 792. The summed E-state index contributed by atoms with van der Waals surface area (Å²) in [4.78, 5) is 30.8. The van der Waals surface area contributed by atoms with Crippen LogP contribution < -0.4 is 0 Å². The van der Waals surface area contributed by atoms with E-state index < -0.39 is 12.0 Å². The number of thioether (sulfide) groups is 1. The number of amides is 1. The van der Waals surface area contributed by atoms with Crippen LogP contribution in [0.1, 0.15) is 25.5 Å². The molecule has 8 heteroatoms. The lowest BCUT2D eigenvalue weighted by molar-refractivity contribution is -0.139. The van der Waals surface area contributed by atoms with Crippen molar-refractivity contribution in [2.24, 2.45) is 4.99 Å². The molecular formula is C16H14Cl2N2O3S. The molecule has 1 fully saturated rings. The molecule has 2 heterocycles. The molecule has 0 aliphatic carbocycles. The molecule has 126 valence electrons. The Morgan fingerprint density at radius 1 is 1.46 bits per heavy atom. The molecule has 3 rings (SSSR count). The lowest BCUT2D eigenvalue weighted by atomic mass is 9.94. The topological polar surface area (TPSA) is 59.0 Å². The standard InChI is InChI=1S/C16H14Cl2N2O3S/c1-3-23-15(22)13-8(2)19-16-20(12(21)7-24-16)14(13)10-5-4-9(17)6-11(10)18/h4-6,14H,3,7H2,1-2H3. The van der Waals surface area contributed by atoms with Gasteiger partial charge in [-0.2, -0.15) is 0 Å². The zero-order chi connectivity index (χ0) is 17.4. The molecule has 5 nitrogen and oxygen atoms in total. The van der Waals surface area contributed by atoms with Crippen LogP contribution in [0.15, 0.2) is 34.5 Å². The van der Waals surface area contributed by atoms with Crippen LogP contribution >= 0.6 is 35.0 Å². The molecule has 0 radical (unpaired) electrons. The van der Waals surface area contributed by atoms with E-state index in [0.717, 1.165) is 0 Å². The minimum absolute atomic E-state index is 0.121. The lowest BCUT2D eigenvalue weighted by Gasteiger charge is -2.33. The second-order valence-electron chi connectivity index (χ2n) is 5.23. The maximum atomic E-state index is 12.5. The highest BCUT2D eigenvalue weighted by molar-refractivity contribution is 8.15. The van der Waals surface area contributed by atoms with Gasteiger partial charge in [0.05, 0.1) is 29.7 Å². The van der Waals surface area contributed by atoms with Crippen LogP contribution in [0.25, 0.3) is 0 Å². The predicted molar refractivity (Wildman–Crippen MR) is 95.3 cm³/mol. The molecule has 0 saturated carbocycles. The molecular weight excluding hydrogens is 371 g/mol. The van der Waals surface area contributed by atoms with Crippen molar-refractivity contribution in [1.82, 2.24) is 4.90 Å². The van der Waals surface area contributed by atoms with Crippen LogP contribution in [0.3, 0.4) is 0 Å². The number of aliphatic imine (C=N–C) groups is 1. The fourth-order valence-electron chi connectivity index (χ4n) is 2.73. The Labute approximate surface area is 153 Å². The average molecular weight is 385 g/mol. The zero-order valence-corrected chi connectivity index (χ0v) is 15.3. The normalized spacial score (nSPS) is 20.2. The second-order valence-corrected chi connectivity index (χ2v) is 7.02. The number of carbonyl (C=O) groups is 2. The van der Waals surface area contributed by atoms with Gasteiger partial charge in [-0.25, -0.2) is 9.79 Å². The van der Waals surface area contributed by atoms with Crippen LogP contribution in [0, 0.1) is 0 Å². The number of allylic oxidation sites excluding steroid dienone is 1. The maximum absolute atomic E-state index is 12.5. The monoisotopic (exact) mass is 384 g/mol. The van der Waals surface area contributed by atoms with E-state index in [1.165, 1.54) is 16.7 Å². The van der Waals surface area contributed by atoms with Crippen LogP contribution in [0.2, 0.25) is 10.0 Å². The number of ether oxygens (including phenoxy) is 1. The van der Waals surface area contributed by atoms with Crippen molar-refractivity contribution in [2.75, 3.05) is 12.4 Å². The summed E-state index contributed by atoms with van der Waals surface area (Å²) in [6.07, 6.45) is 0. The zero-order valence-electron chi connectivity index (χ0n) is 13.0. The van der Waals surface area contributed by atoms with Gasteiger partial charge in [-0.05, 0) is 31.5 Å². The fourth-order valence-corrected chi connectivity index (χ4v) is 4.18. The number of hydrogen-bond acceptors (Lipinski definition) is 5. The van der Waals surface area contributed by atoms with Crippen LogP contribution in [-0.4, -0.2) is 34.3 Å². The quantitative estimate of drug-likeness (QED) is 0.743. The van der Waals surface area contributed by atoms with E-state index in [1.807, 2.05) is 0 Å². The van der Waals surface area contributed by atoms with Gasteiger partial charge >= 0.3 is 5.97 Å². The Morgan fingerprint density at radius 2 is 2.21 bits per heavy atom. The first kappa shape index (κ1) is 17.3. The summed E-state index contributed by atoms with van der Waals surface area (Å²) < 4.78 is 5.17. The van der Waals surface area contributed by atoms with Crippen molar-refractivity contribution in [3.63, 3.8) is 0 Å². The van der Waals surface area contributed by atoms with Crippen molar-refractivity contribution in [3.8, 4) is 0 Å². The molecule has 1 amide bonds. The van der Waals surface area contributed by atoms with Gasteiger partial charge in [0.1, 0.15) is 0 Å². The number of amidine groups is 1. The summed E-state index contributed by atoms with van der Waals surface area (Å²) >= 11 is 13.7. The maximum Gasteiger partial charge on any atom is 0.338 e. The van der Waals surface area contributed by atoms with Crippen molar-refractivity contribution >= 4 is 52.0 Å². The number of hydrogen-bond donors (Lipinski definition) is 0. The Balaban J connectivity index is 2.18. The molecule has 0 N–H and O–H groups in total. The summed E-state index contributed by atoms with van der Waals surface area (Å²) in [6.45, 7) is 3.69. The lowest BCUT2D eigenvalue weighted by Crippen LogP contribution is -2.39. The summed E-state index contributed by atoms with van der Waals surface area (Å²) in [6, 6.07) is 4.33. The Kier molecular flexibility index (Phi) is 4.90. The van der Waals surface area contributed by atoms with Gasteiger partial charge in [-0.1, -0.05) is 41.0 Å². The number of carbonyl (C=O) groups excluding carboxylic acids is 2. The molecule has 2 aliphatic heterocycles. The van der Waals surface area contributed by atoms with E-state index in [1.54, 1.807) is 32.0 Å². The SMILES string of the molecule is CCOC(=O)C1=C(C)N=C2SCC(=O)N2C1c1ccc(Cl)cc1Cl. The fraction of sp³-hybridized carbons (Fsp3) is 0.312. The average Bonchev–Trinajstić information content (AvgIpc) is 2.87. The van der Waals surface area contributed by atoms with Crippen LogP contribution in [-0.2, 0) is 14.3 Å². The molecule has 1 aromatic carbocycles. The van der Waals surface area contributed by atoms with E-state index in [4.69, 9.17) is 27.9 Å². The van der Waals surface area contributed by atoms with Crippen LogP contribution in [0.4, 0.5) is 0 Å². The molecule has 1 unspecified atom stereocenters. The highest BCUT2D eigenvalue weighted by Crippen LogP contribution is 2.43. The number of nitrogens with zero attached hydrogens (tertiary/aromatic N) is 2. The molecule has 0 spiro atoms. The smallest absolute Gasteiger partial charge is 0.338 e. The summed E-state index contributed by atoms with van der Waals surface area (Å²) in [7, 11) is 0. The van der Waals surface area contributed by atoms with E-state index in [9.17, 15) is 9.59 Å². The third-order valence-electron chi connectivity index (χ3n) is 3.74. The van der Waals surface area contributed by atoms with Gasteiger partial charge in [0, 0.05) is 10.0 Å². The highest BCUT2D eigenvalue weighted by Gasteiger charge is 2.43. The number of benzene rings is 1. The highest BCUT2D eigenvalue weighted by atomic mass is 35.5. The van der Waals surface area contributed by atoms with E-state index >= 15 is 0 Å². The number of esters is 1.